The lowest BCUT2D eigenvalue weighted by molar-refractivity contribution is 0.187. The zero-order chi connectivity index (χ0) is 12.7. The Morgan fingerprint density at radius 3 is 2.88 bits per heavy atom. The molecule has 1 aromatic heterocycles. The zero-order valence-corrected chi connectivity index (χ0v) is 11.0. The van der Waals surface area contributed by atoms with Gasteiger partial charge in [0.05, 0.1) is 29.9 Å². The maximum absolute atomic E-state index is 9.26. The first-order valence-electron chi connectivity index (χ1n) is 6.21. The molecular formula is C13H23N3O. The van der Waals surface area contributed by atoms with Crippen LogP contribution < -0.4 is 10.2 Å². The number of anilines is 2. The summed E-state index contributed by atoms with van der Waals surface area (Å²) in [6.45, 7) is 5.74. The molecule has 96 valence electrons. The van der Waals surface area contributed by atoms with Gasteiger partial charge in [-0.1, -0.05) is 6.92 Å². The SMILES string of the molecule is CCCNc1cncc(N(C)CCC(C)O)c1. The highest BCUT2D eigenvalue weighted by Gasteiger charge is 2.04. The van der Waals surface area contributed by atoms with Crippen LogP contribution in [0.2, 0.25) is 0 Å². The predicted molar refractivity (Wildman–Crippen MR) is 72.6 cm³/mol. The van der Waals surface area contributed by atoms with Gasteiger partial charge in [0, 0.05) is 20.1 Å². The minimum Gasteiger partial charge on any atom is -0.393 e. The molecule has 0 bridgehead atoms. The van der Waals surface area contributed by atoms with Crippen LogP contribution in [0.4, 0.5) is 11.4 Å². The van der Waals surface area contributed by atoms with Gasteiger partial charge in [-0.15, -0.1) is 0 Å². The summed E-state index contributed by atoms with van der Waals surface area (Å²) in [7, 11) is 2.02. The summed E-state index contributed by atoms with van der Waals surface area (Å²) in [5.74, 6) is 0. The van der Waals surface area contributed by atoms with Gasteiger partial charge in [-0.3, -0.25) is 4.98 Å². The molecule has 0 amide bonds. The average Bonchev–Trinajstić information content (AvgIpc) is 2.33. The highest BCUT2D eigenvalue weighted by molar-refractivity contribution is 5.55. The fraction of sp³-hybridized carbons (Fsp3) is 0.615. The Kier molecular flexibility index (Phi) is 5.77. The molecule has 0 aliphatic carbocycles. The molecular weight excluding hydrogens is 214 g/mol. The van der Waals surface area contributed by atoms with Crippen LogP contribution in [0.15, 0.2) is 18.5 Å². The van der Waals surface area contributed by atoms with E-state index >= 15 is 0 Å². The molecule has 0 radical (unpaired) electrons. The van der Waals surface area contributed by atoms with E-state index < -0.39 is 0 Å². The van der Waals surface area contributed by atoms with E-state index in [9.17, 15) is 5.11 Å². The summed E-state index contributed by atoms with van der Waals surface area (Å²) in [5.41, 5.74) is 2.13. The number of hydrogen-bond acceptors (Lipinski definition) is 4. The van der Waals surface area contributed by atoms with E-state index in [4.69, 9.17) is 0 Å². The number of nitrogens with one attached hydrogen (secondary N) is 1. The second-order valence-corrected chi connectivity index (χ2v) is 4.42. The molecule has 0 aliphatic heterocycles. The number of aliphatic hydroxyl groups is 1. The minimum absolute atomic E-state index is 0.258. The van der Waals surface area contributed by atoms with Crippen LogP contribution in [0, 0.1) is 0 Å². The summed E-state index contributed by atoms with van der Waals surface area (Å²) in [6, 6.07) is 2.09. The van der Waals surface area contributed by atoms with Crippen LogP contribution >= 0.6 is 0 Å². The first kappa shape index (κ1) is 13.8. The number of pyridine rings is 1. The van der Waals surface area contributed by atoms with Gasteiger partial charge in [-0.25, -0.2) is 0 Å². The first-order chi connectivity index (χ1) is 8.13. The van der Waals surface area contributed by atoms with Crippen molar-refractivity contribution in [1.82, 2.24) is 4.98 Å². The van der Waals surface area contributed by atoms with Gasteiger partial charge in [-0.2, -0.15) is 0 Å². The molecule has 1 atom stereocenters. The van der Waals surface area contributed by atoms with E-state index in [-0.39, 0.29) is 6.10 Å². The molecule has 1 aromatic rings. The lowest BCUT2D eigenvalue weighted by Crippen LogP contribution is -2.22. The maximum atomic E-state index is 9.26. The molecule has 0 aromatic carbocycles. The normalized spacial score (nSPS) is 12.2. The highest BCUT2D eigenvalue weighted by atomic mass is 16.3. The smallest absolute Gasteiger partial charge is 0.0570 e. The molecule has 0 saturated carbocycles. The Morgan fingerprint density at radius 2 is 2.24 bits per heavy atom. The molecule has 2 N–H and O–H groups in total. The third kappa shape index (κ3) is 5.04. The molecule has 4 nitrogen and oxygen atoms in total. The third-order valence-electron chi connectivity index (χ3n) is 2.63. The Bertz CT molecular complexity index is 328. The van der Waals surface area contributed by atoms with Gasteiger partial charge in [0.15, 0.2) is 0 Å². The second kappa shape index (κ2) is 7.12. The fourth-order valence-electron chi connectivity index (χ4n) is 1.51. The Hall–Kier alpha value is -1.29. The Labute approximate surface area is 104 Å². The van der Waals surface area contributed by atoms with Crippen molar-refractivity contribution in [3.05, 3.63) is 18.5 Å². The predicted octanol–water partition coefficient (Wildman–Crippen LogP) is 2.11. The van der Waals surface area contributed by atoms with Crippen molar-refractivity contribution in [3.8, 4) is 0 Å². The van der Waals surface area contributed by atoms with E-state index in [0.29, 0.717) is 0 Å². The van der Waals surface area contributed by atoms with Gasteiger partial charge in [0.1, 0.15) is 0 Å². The summed E-state index contributed by atoms with van der Waals surface area (Å²) >= 11 is 0. The van der Waals surface area contributed by atoms with Gasteiger partial charge in [-0.05, 0) is 25.8 Å². The quantitative estimate of drug-likeness (QED) is 0.762. The third-order valence-corrected chi connectivity index (χ3v) is 2.63. The van der Waals surface area contributed by atoms with E-state index in [1.807, 2.05) is 26.4 Å². The number of aromatic nitrogens is 1. The lowest BCUT2D eigenvalue weighted by Gasteiger charge is -2.20. The van der Waals surface area contributed by atoms with Crippen molar-refractivity contribution >= 4 is 11.4 Å². The van der Waals surface area contributed by atoms with E-state index in [1.54, 1.807) is 0 Å². The van der Waals surface area contributed by atoms with Crippen LogP contribution in [0.25, 0.3) is 0 Å². The molecule has 0 saturated heterocycles. The van der Waals surface area contributed by atoms with Crippen molar-refractivity contribution < 1.29 is 5.11 Å². The van der Waals surface area contributed by atoms with Crippen LogP contribution in [0.5, 0.6) is 0 Å². The van der Waals surface area contributed by atoms with Crippen molar-refractivity contribution in [1.29, 1.82) is 0 Å². The number of aliphatic hydroxyl groups excluding tert-OH is 1. The zero-order valence-electron chi connectivity index (χ0n) is 11.0. The lowest BCUT2D eigenvalue weighted by atomic mass is 10.2. The van der Waals surface area contributed by atoms with E-state index in [2.05, 4.69) is 28.2 Å². The maximum Gasteiger partial charge on any atom is 0.0570 e. The van der Waals surface area contributed by atoms with Crippen LogP contribution in [0.1, 0.15) is 26.7 Å². The summed E-state index contributed by atoms with van der Waals surface area (Å²) < 4.78 is 0. The Morgan fingerprint density at radius 1 is 1.47 bits per heavy atom. The fourth-order valence-corrected chi connectivity index (χ4v) is 1.51. The summed E-state index contributed by atoms with van der Waals surface area (Å²) in [4.78, 5) is 6.33. The molecule has 1 rings (SSSR count). The molecule has 4 heteroatoms. The number of hydrogen-bond donors (Lipinski definition) is 2. The Balaban J connectivity index is 2.57. The van der Waals surface area contributed by atoms with Crippen molar-refractivity contribution in [2.45, 2.75) is 32.8 Å². The van der Waals surface area contributed by atoms with Crippen molar-refractivity contribution in [3.63, 3.8) is 0 Å². The van der Waals surface area contributed by atoms with Crippen LogP contribution in [-0.2, 0) is 0 Å². The topological polar surface area (TPSA) is 48.4 Å². The van der Waals surface area contributed by atoms with Gasteiger partial charge in [0.25, 0.3) is 0 Å². The highest BCUT2D eigenvalue weighted by Crippen LogP contribution is 2.16. The van der Waals surface area contributed by atoms with Gasteiger partial charge >= 0.3 is 0 Å². The first-order valence-corrected chi connectivity index (χ1v) is 6.21. The molecule has 1 heterocycles. The van der Waals surface area contributed by atoms with E-state index in [1.165, 1.54) is 0 Å². The summed E-state index contributed by atoms with van der Waals surface area (Å²) in [5, 5.41) is 12.6. The van der Waals surface area contributed by atoms with Crippen LogP contribution in [0.3, 0.4) is 0 Å². The number of rotatable bonds is 7. The molecule has 0 fully saturated rings. The van der Waals surface area contributed by atoms with Gasteiger partial charge in [0.2, 0.25) is 0 Å². The minimum atomic E-state index is -0.258. The van der Waals surface area contributed by atoms with E-state index in [0.717, 1.165) is 37.3 Å². The standard InChI is InChI=1S/C13H23N3O/c1-4-6-15-12-8-13(10-14-9-12)16(3)7-5-11(2)17/h8-11,15,17H,4-7H2,1-3H3. The van der Waals surface area contributed by atoms with Gasteiger partial charge < -0.3 is 15.3 Å². The monoisotopic (exact) mass is 237 g/mol. The average molecular weight is 237 g/mol. The number of nitrogens with zero attached hydrogens (tertiary/aromatic N) is 2. The van der Waals surface area contributed by atoms with Crippen molar-refractivity contribution in [2.75, 3.05) is 30.4 Å². The molecule has 17 heavy (non-hydrogen) atoms. The summed E-state index contributed by atoms with van der Waals surface area (Å²) in [6.07, 6.45) is 5.29. The largest absolute Gasteiger partial charge is 0.393 e. The molecule has 0 spiro atoms. The van der Waals surface area contributed by atoms with Crippen molar-refractivity contribution in [2.24, 2.45) is 0 Å². The molecule has 1 unspecified atom stereocenters. The van der Waals surface area contributed by atoms with Crippen LogP contribution in [-0.4, -0.2) is 36.3 Å². The second-order valence-electron chi connectivity index (χ2n) is 4.42. The molecule has 0 aliphatic rings.